The van der Waals surface area contributed by atoms with Gasteiger partial charge in [0.15, 0.2) is 0 Å². The molecule has 0 radical (unpaired) electrons. The summed E-state index contributed by atoms with van der Waals surface area (Å²) in [5, 5.41) is 19.7. The molecule has 2 rings (SSSR count). The van der Waals surface area contributed by atoms with E-state index in [1.165, 1.54) is 24.3 Å². The highest BCUT2D eigenvalue weighted by atomic mass is 32.2. The first kappa shape index (κ1) is 13.5. The van der Waals surface area contributed by atoms with Crippen molar-refractivity contribution in [1.29, 1.82) is 0 Å². The quantitative estimate of drug-likeness (QED) is 0.688. The lowest BCUT2D eigenvalue weighted by Crippen LogP contribution is -1.91. The Labute approximate surface area is 113 Å². The zero-order valence-electron chi connectivity index (χ0n) is 9.75. The van der Waals surface area contributed by atoms with E-state index in [0.717, 1.165) is 11.8 Å². The summed E-state index contributed by atoms with van der Waals surface area (Å²) >= 11 is 1.13. The van der Waals surface area contributed by atoms with E-state index in [1.807, 2.05) is 0 Å². The van der Waals surface area contributed by atoms with Crippen molar-refractivity contribution in [3.8, 4) is 0 Å². The minimum Gasteiger partial charge on any atom is -0.392 e. The summed E-state index contributed by atoms with van der Waals surface area (Å²) in [5.41, 5.74) is 0.476. The minimum absolute atomic E-state index is 0.0136. The monoisotopic (exact) mass is 279 g/mol. The largest absolute Gasteiger partial charge is 0.392 e. The maximum absolute atomic E-state index is 13.7. The number of rotatable bonds is 4. The number of nitrogens with zero attached hydrogens (tertiary/aromatic N) is 1. The number of benzene rings is 2. The molecule has 0 aliphatic carbocycles. The fourth-order valence-corrected chi connectivity index (χ4v) is 2.48. The molecule has 4 nitrogen and oxygen atoms in total. The molecule has 0 saturated heterocycles. The van der Waals surface area contributed by atoms with E-state index in [2.05, 4.69) is 0 Å². The summed E-state index contributed by atoms with van der Waals surface area (Å²) in [4.78, 5) is 11.0. The third-order valence-corrected chi connectivity index (χ3v) is 3.66. The molecule has 0 fully saturated rings. The van der Waals surface area contributed by atoms with Crippen LogP contribution in [0.1, 0.15) is 5.56 Å². The number of nitro groups is 1. The van der Waals surface area contributed by atoms with E-state index in [4.69, 9.17) is 5.11 Å². The molecule has 0 aromatic heterocycles. The van der Waals surface area contributed by atoms with Gasteiger partial charge in [-0.1, -0.05) is 23.9 Å². The molecule has 2 aromatic carbocycles. The van der Waals surface area contributed by atoms with Crippen molar-refractivity contribution in [3.05, 3.63) is 64.0 Å². The van der Waals surface area contributed by atoms with Crippen LogP contribution < -0.4 is 0 Å². The first-order valence-corrected chi connectivity index (χ1v) is 6.24. The number of hydrogen-bond donors (Lipinski definition) is 1. The van der Waals surface area contributed by atoms with E-state index in [0.29, 0.717) is 15.4 Å². The summed E-state index contributed by atoms with van der Waals surface area (Å²) in [6, 6.07) is 10.3. The molecule has 98 valence electrons. The van der Waals surface area contributed by atoms with Gasteiger partial charge in [-0.25, -0.2) is 4.39 Å². The highest BCUT2D eigenvalue weighted by molar-refractivity contribution is 7.99. The number of hydrogen-bond acceptors (Lipinski definition) is 4. The second kappa shape index (κ2) is 5.81. The Morgan fingerprint density at radius 2 is 1.89 bits per heavy atom. The SMILES string of the molecule is O=[N+]([O-])c1ccc(Sc2c(F)cccc2CO)cc1. The second-order valence-electron chi connectivity index (χ2n) is 3.74. The van der Waals surface area contributed by atoms with Gasteiger partial charge in [-0.05, 0) is 23.8 Å². The van der Waals surface area contributed by atoms with Gasteiger partial charge in [0.1, 0.15) is 5.82 Å². The highest BCUT2D eigenvalue weighted by Gasteiger charge is 2.11. The smallest absolute Gasteiger partial charge is 0.269 e. The van der Waals surface area contributed by atoms with E-state index < -0.39 is 10.7 Å². The predicted octanol–water partition coefficient (Wildman–Crippen LogP) is 3.38. The van der Waals surface area contributed by atoms with Gasteiger partial charge in [-0.15, -0.1) is 0 Å². The van der Waals surface area contributed by atoms with Gasteiger partial charge in [-0.3, -0.25) is 10.1 Å². The summed E-state index contributed by atoms with van der Waals surface area (Å²) < 4.78 is 13.7. The van der Waals surface area contributed by atoms with Gasteiger partial charge in [0, 0.05) is 17.0 Å². The average Bonchev–Trinajstić information content (AvgIpc) is 2.41. The molecule has 2 aromatic rings. The van der Waals surface area contributed by atoms with Gasteiger partial charge in [0.2, 0.25) is 0 Å². The van der Waals surface area contributed by atoms with Crippen molar-refractivity contribution in [2.24, 2.45) is 0 Å². The molecule has 6 heteroatoms. The Balaban J connectivity index is 2.28. The maximum Gasteiger partial charge on any atom is 0.269 e. The number of non-ortho nitro benzene ring substituents is 1. The van der Waals surface area contributed by atoms with Gasteiger partial charge in [0.25, 0.3) is 5.69 Å². The van der Waals surface area contributed by atoms with Crippen LogP contribution in [-0.2, 0) is 6.61 Å². The fourth-order valence-electron chi connectivity index (χ4n) is 1.55. The Bertz CT molecular complexity index is 601. The molecule has 19 heavy (non-hydrogen) atoms. The summed E-state index contributed by atoms with van der Waals surface area (Å²) in [6.07, 6.45) is 0. The van der Waals surface area contributed by atoms with Crippen LogP contribution in [0.15, 0.2) is 52.3 Å². The van der Waals surface area contributed by atoms with Crippen molar-refractivity contribution in [2.75, 3.05) is 0 Å². The van der Waals surface area contributed by atoms with Crippen LogP contribution in [0.5, 0.6) is 0 Å². The second-order valence-corrected chi connectivity index (χ2v) is 4.82. The van der Waals surface area contributed by atoms with Crippen molar-refractivity contribution in [1.82, 2.24) is 0 Å². The van der Waals surface area contributed by atoms with Crippen molar-refractivity contribution < 1.29 is 14.4 Å². The van der Waals surface area contributed by atoms with E-state index >= 15 is 0 Å². The number of aliphatic hydroxyl groups is 1. The first-order chi connectivity index (χ1) is 9.11. The topological polar surface area (TPSA) is 63.4 Å². The molecule has 0 aliphatic rings. The molecule has 0 amide bonds. The molecule has 1 N–H and O–H groups in total. The fraction of sp³-hybridized carbons (Fsp3) is 0.0769. The van der Waals surface area contributed by atoms with E-state index in [9.17, 15) is 14.5 Å². The van der Waals surface area contributed by atoms with Crippen molar-refractivity contribution in [3.63, 3.8) is 0 Å². The molecule has 0 unspecified atom stereocenters. The highest BCUT2D eigenvalue weighted by Crippen LogP contribution is 2.33. The van der Waals surface area contributed by atoms with E-state index in [-0.39, 0.29) is 12.3 Å². The molecular weight excluding hydrogens is 269 g/mol. The molecule has 0 bridgehead atoms. The lowest BCUT2D eigenvalue weighted by atomic mass is 10.2. The van der Waals surface area contributed by atoms with Crippen LogP contribution in [0.2, 0.25) is 0 Å². The Morgan fingerprint density at radius 1 is 1.21 bits per heavy atom. The Hall–Kier alpha value is -1.92. The lowest BCUT2D eigenvalue weighted by Gasteiger charge is -2.07. The van der Waals surface area contributed by atoms with Crippen molar-refractivity contribution in [2.45, 2.75) is 16.4 Å². The van der Waals surface area contributed by atoms with Crippen LogP contribution in [0.3, 0.4) is 0 Å². The van der Waals surface area contributed by atoms with Gasteiger partial charge >= 0.3 is 0 Å². The van der Waals surface area contributed by atoms with Gasteiger partial charge in [0.05, 0.1) is 16.4 Å². The van der Waals surface area contributed by atoms with Crippen LogP contribution in [0, 0.1) is 15.9 Å². The van der Waals surface area contributed by atoms with Crippen LogP contribution in [-0.4, -0.2) is 10.0 Å². The zero-order valence-corrected chi connectivity index (χ0v) is 10.6. The van der Waals surface area contributed by atoms with E-state index in [1.54, 1.807) is 18.2 Å². The average molecular weight is 279 g/mol. The third kappa shape index (κ3) is 3.10. The summed E-state index contributed by atoms with van der Waals surface area (Å²) in [7, 11) is 0. The molecule has 0 heterocycles. The molecule has 0 spiro atoms. The number of aliphatic hydroxyl groups excluding tert-OH is 1. The van der Waals surface area contributed by atoms with Crippen LogP contribution in [0.25, 0.3) is 0 Å². The van der Waals surface area contributed by atoms with Gasteiger partial charge in [-0.2, -0.15) is 0 Å². The molecule has 0 saturated carbocycles. The summed E-state index contributed by atoms with van der Waals surface area (Å²) in [5.74, 6) is -0.421. The molecular formula is C13H10FNO3S. The number of nitro benzene ring substituents is 1. The standard InChI is InChI=1S/C13H10FNO3S/c14-12-3-1-2-9(8-16)13(12)19-11-6-4-10(5-7-11)15(17)18/h1-7,16H,8H2. The number of halogens is 1. The zero-order chi connectivity index (χ0) is 13.8. The minimum atomic E-state index is -0.489. The molecule has 0 aliphatic heterocycles. The Morgan fingerprint density at radius 3 is 2.47 bits per heavy atom. The van der Waals surface area contributed by atoms with Crippen LogP contribution in [0.4, 0.5) is 10.1 Å². The lowest BCUT2D eigenvalue weighted by molar-refractivity contribution is -0.384. The maximum atomic E-state index is 13.7. The Kier molecular flexibility index (Phi) is 4.13. The molecule has 0 atom stereocenters. The predicted molar refractivity (Wildman–Crippen MR) is 69.5 cm³/mol. The van der Waals surface area contributed by atoms with Gasteiger partial charge < -0.3 is 5.11 Å². The summed E-state index contributed by atoms with van der Waals surface area (Å²) in [6.45, 7) is -0.257. The third-order valence-electron chi connectivity index (χ3n) is 2.49. The van der Waals surface area contributed by atoms with Crippen molar-refractivity contribution >= 4 is 17.4 Å². The van der Waals surface area contributed by atoms with Crippen LogP contribution >= 0.6 is 11.8 Å². The normalized spacial score (nSPS) is 10.4. The first-order valence-electron chi connectivity index (χ1n) is 5.42.